The number of rotatable bonds is 3. The quantitative estimate of drug-likeness (QED) is 0.495. The normalized spacial score (nSPS) is 18.5. The zero-order chi connectivity index (χ0) is 9.07. The van der Waals surface area contributed by atoms with Crippen molar-refractivity contribution < 1.29 is 14.4 Å². The average Bonchev–Trinajstić information content (AvgIpc) is 1.82. The van der Waals surface area contributed by atoms with Gasteiger partial charge in [-0.25, -0.2) is 0 Å². The molecule has 0 spiro atoms. The molecule has 0 heterocycles. The predicted octanol–water partition coefficient (Wildman–Crippen LogP) is 0.0691. The van der Waals surface area contributed by atoms with Crippen LogP contribution in [0.25, 0.3) is 0 Å². The lowest BCUT2D eigenvalue weighted by Crippen LogP contribution is -2.32. The topological polar surface area (TPSA) is 58.6 Å². The highest BCUT2D eigenvalue weighted by Crippen LogP contribution is 2.30. The van der Waals surface area contributed by atoms with Gasteiger partial charge in [-0.2, -0.15) is 0 Å². The first-order valence-electron chi connectivity index (χ1n) is 3.02. The number of nitrogens with one attached hydrogen (secondary N) is 1. The standard InChI is InChI=1S/C5H12NO3PS/c1-4(5(7)9-2)6-10(3,8)11/h4H,1-3H3,(H2,6,8,11)/t4-,10?/m0/s1. The first-order chi connectivity index (χ1) is 4.87. The molecule has 0 radical (unpaired) electrons. The smallest absolute Gasteiger partial charge is 0.322 e. The molecule has 2 N–H and O–H groups in total. The van der Waals surface area contributed by atoms with Crippen LogP contribution in [0.3, 0.4) is 0 Å². The van der Waals surface area contributed by atoms with Gasteiger partial charge in [-0.1, -0.05) is 11.8 Å². The molecule has 0 rings (SSSR count). The molecule has 0 aliphatic carbocycles. The number of carbonyl (C=O) groups is 1. The van der Waals surface area contributed by atoms with Crippen LogP contribution in [0.1, 0.15) is 6.92 Å². The van der Waals surface area contributed by atoms with E-state index in [2.05, 4.69) is 21.6 Å². The second-order valence-electron chi connectivity index (χ2n) is 2.25. The molecule has 0 bridgehead atoms. The minimum absolute atomic E-state index is 0.421. The number of esters is 1. The fourth-order valence-electron chi connectivity index (χ4n) is 0.589. The molecule has 0 saturated carbocycles. The summed E-state index contributed by atoms with van der Waals surface area (Å²) < 4.78 is 4.42. The largest absolute Gasteiger partial charge is 0.468 e. The van der Waals surface area contributed by atoms with E-state index in [1.54, 1.807) is 6.92 Å². The Balaban J connectivity index is 3.98. The van der Waals surface area contributed by atoms with Crippen molar-refractivity contribution in [3.8, 4) is 0 Å². The molecule has 11 heavy (non-hydrogen) atoms. The number of hydrogen-bond acceptors (Lipinski definition) is 3. The summed E-state index contributed by atoms with van der Waals surface area (Å²) in [5.41, 5.74) is 0. The summed E-state index contributed by atoms with van der Waals surface area (Å²) in [6.45, 7) is 3.08. The van der Waals surface area contributed by atoms with Crippen molar-refractivity contribution in [3.05, 3.63) is 0 Å². The van der Waals surface area contributed by atoms with Crippen LogP contribution in [0.5, 0.6) is 0 Å². The molecule has 66 valence electrons. The first-order valence-corrected chi connectivity index (χ1v) is 6.23. The Bertz CT molecular complexity index is 190. The molecule has 0 aliphatic heterocycles. The van der Waals surface area contributed by atoms with E-state index in [4.69, 9.17) is 4.89 Å². The Labute approximate surface area is 71.1 Å². The molecule has 0 aliphatic rings. The minimum Gasteiger partial charge on any atom is -0.468 e. The third-order valence-corrected chi connectivity index (χ3v) is 2.17. The monoisotopic (exact) mass is 197 g/mol. The third-order valence-electron chi connectivity index (χ3n) is 0.988. The van der Waals surface area contributed by atoms with Gasteiger partial charge >= 0.3 is 5.97 Å². The SMILES string of the molecule is COC(=O)[C@H](C)NP(C)(O)=S. The van der Waals surface area contributed by atoms with Crippen LogP contribution in [0, 0.1) is 0 Å². The predicted molar refractivity (Wildman–Crippen MR) is 47.0 cm³/mol. The van der Waals surface area contributed by atoms with E-state index in [1.807, 2.05) is 0 Å². The van der Waals surface area contributed by atoms with E-state index in [9.17, 15) is 4.79 Å². The zero-order valence-corrected chi connectivity index (χ0v) is 8.41. The maximum Gasteiger partial charge on any atom is 0.322 e. The average molecular weight is 197 g/mol. The molecule has 0 amide bonds. The van der Waals surface area contributed by atoms with Crippen molar-refractivity contribution in [2.24, 2.45) is 0 Å². The lowest BCUT2D eigenvalue weighted by molar-refractivity contribution is -0.142. The van der Waals surface area contributed by atoms with E-state index in [0.717, 1.165) is 0 Å². The van der Waals surface area contributed by atoms with Crippen LogP contribution in [0.2, 0.25) is 0 Å². The summed E-state index contributed by atoms with van der Waals surface area (Å²) >= 11 is 4.68. The maximum absolute atomic E-state index is 10.8. The lowest BCUT2D eigenvalue weighted by Gasteiger charge is -2.15. The zero-order valence-electron chi connectivity index (χ0n) is 6.70. The van der Waals surface area contributed by atoms with E-state index in [-0.39, 0.29) is 0 Å². The summed E-state index contributed by atoms with van der Waals surface area (Å²) in [7, 11) is 1.29. The van der Waals surface area contributed by atoms with Crippen molar-refractivity contribution in [3.63, 3.8) is 0 Å². The molecule has 1 unspecified atom stereocenters. The van der Waals surface area contributed by atoms with Gasteiger partial charge in [0.05, 0.1) is 7.11 Å². The van der Waals surface area contributed by atoms with Gasteiger partial charge in [0, 0.05) is 6.66 Å². The summed E-state index contributed by atoms with van der Waals surface area (Å²) in [5, 5.41) is 2.58. The fraction of sp³-hybridized carbons (Fsp3) is 0.800. The maximum atomic E-state index is 10.8. The highest BCUT2D eigenvalue weighted by Gasteiger charge is 2.16. The van der Waals surface area contributed by atoms with Crippen LogP contribution in [-0.4, -0.2) is 30.7 Å². The number of carbonyl (C=O) groups excluding carboxylic acids is 1. The highest BCUT2D eigenvalue weighted by atomic mass is 32.4. The van der Waals surface area contributed by atoms with Gasteiger partial charge in [-0.15, -0.1) is 0 Å². The molecular weight excluding hydrogens is 185 g/mol. The lowest BCUT2D eigenvalue weighted by atomic mass is 10.4. The second-order valence-corrected chi connectivity index (χ2v) is 6.40. The molecule has 0 fully saturated rings. The Morgan fingerprint density at radius 3 is 2.55 bits per heavy atom. The number of methoxy groups -OCH3 is 1. The van der Waals surface area contributed by atoms with Crippen molar-refractivity contribution in [2.45, 2.75) is 13.0 Å². The summed E-state index contributed by atoms with van der Waals surface area (Å²) in [6, 6.07) is -0.541. The molecule has 0 aromatic carbocycles. The third kappa shape index (κ3) is 5.32. The van der Waals surface area contributed by atoms with Gasteiger partial charge in [0.2, 0.25) is 0 Å². The van der Waals surface area contributed by atoms with Gasteiger partial charge in [0.15, 0.2) is 0 Å². The van der Waals surface area contributed by atoms with Gasteiger partial charge in [0.1, 0.15) is 12.5 Å². The molecule has 0 aromatic rings. The molecule has 0 aromatic heterocycles. The Hall–Kier alpha value is 0.0400. The van der Waals surface area contributed by atoms with Crippen molar-refractivity contribution in [1.82, 2.24) is 5.09 Å². The Morgan fingerprint density at radius 2 is 2.27 bits per heavy atom. The van der Waals surface area contributed by atoms with Crippen molar-refractivity contribution >= 4 is 24.2 Å². The molecular formula is C5H12NO3PS. The molecule has 0 saturated heterocycles. The summed E-state index contributed by atoms with van der Waals surface area (Å²) in [5.74, 6) is -0.421. The second kappa shape index (κ2) is 4.16. The van der Waals surface area contributed by atoms with E-state index < -0.39 is 18.4 Å². The van der Waals surface area contributed by atoms with Gasteiger partial charge in [-0.3, -0.25) is 9.88 Å². The van der Waals surface area contributed by atoms with E-state index in [1.165, 1.54) is 13.8 Å². The molecule has 2 atom stereocenters. The van der Waals surface area contributed by atoms with Crippen LogP contribution in [0.4, 0.5) is 0 Å². The van der Waals surface area contributed by atoms with Crippen LogP contribution in [0.15, 0.2) is 0 Å². The number of ether oxygens (including phenoxy) is 1. The van der Waals surface area contributed by atoms with E-state index >= 15 is 0 Å². The fourth-order valence-corrected chi connectivity index (χ4v) is 1.89. The Kier molecular flexibility index (Phi) is 4.18. The van der Waals surface area contributed by atoms with Crippen molar-refractivity contribution in [2.75, 3.05) is 13.8 Å². The molecule has 6 heteroatoms. The summed E-state index contributed by atoms with van der Waals surface area (Å²) in [4.78, 5) is 19.9. The van der Waals surface area contributed by atoms with Gasteiger partial charge < -0.3 is 9.63 Å². The van der Waals surface area contributed by atoms with Crippen molar-refractivity contribution in [1.29, 1.82) is 0 Å². The summed E-state index contributed by atoms with van der Waals surface area (Å²) in [6.07, 6.45) is -2.51. The highest BCUT2D eigenvalue weighted by molar-refractivity contribution is 8.10. The minimum atomic E-state index is -2.51. The number of hydrogen-bond donors (Lipinski definition) is 2. The molecule has 4 nitrogen and oxygen atoms in total. The van der Waals surface area contributed by atoms with Crippen LogP contribution >= 0.6 is 6.42 Å². The van der Waals surface area contributed by atoms with Crippen LogP contribution < -0.4 is 5.09 Å². The van der Waals surface area contributed by atoms with Crippen LogP contribution in [-0.2, 0) is 21.3 Å². The first kappa shape index (κ1) is 11.0. The van der Waals surface area contributed by atoms with Gasteiger partial charge in [0.25, 0.3) is 0 Å². The van der Waals surface area contributed by atoms with E-state index in [0.29, 0.717) is 0 Å². The van der Waals surface area contributed by atoms with Gasteiger partial charge in [-0.05, 0) is 6.92 Å². The Morgan fingerprint density at radius 1 is 1.82 bits per heavy atom.